The van der Waals surface area contributed by atoms with Crippen molar-refractivity contribution in [1.82, 2.24) is 9.55 Å². The number of alkyl halides is 2. The van der Waals surface area contributed by atoms with Crippen molar-refractivity contribution < 1.29 is 18.1 Å². The van der Waals surface area contributed by atoms with E-state index in [0.29, 0.717) is 5.59 Å². The van der Waals surface area contributed by atoms with Crippen LogP contribution in [0.2, 0.25) is 0 Å². The van der Waals surface area contributed by atoms with Gasteiger partial charge in [0.05, 0.1) is 23.1 Å². The fourth-order valence-corrected chi connectivity index (χ4v) is 1.54. The summed E-state index contributed by atoms with van der Waals surface area (Å²) < 4.78 is 36.9. The van der Waals surface area contributed by atoms with E-state index in [1.807, 2.05) is 27.7 Å². The maximum Gasteiger partial charge on any atom is 0.516 e. The average molecular weight is 244 g/mol. The van der Waals surface area contributed by atoms with Crippen molar-refractivity contribution in [2.24, 2.45) is 0 Å². The first-order valence-corrected chi connectivity index (χ1v) is 5.40. The molecule has 0 bridgehead atoms. The largest absolute Gasteiger partial charge is 0.516 e. The second kappa shape index (κ2) is 3.78. The van der Waals surface area contributed by atoms with Crippen LogP contribution in [0.3, 0.4) is 0 Å². The second-order valence-corrected chi connectivity index (χ2v) is 5.11. The monoisotopic (exact) mass is 244 g/mol. The van der Waals surface area contributed by atoms with Gasteiger partial charge < -0.3 is 9.31 Å². The van der Waals surface area contributed by atoms with E-state index >= 15 is 0 Å². The number of hydrogen-bond acceptors (Lipinski definition) is 3. The lowest BCUT2D eigenvalue weighted by Crippen LogP contribution is -2.41. The molecule has 94 valence electrons. The highest BCUT2D eigenvalue weighted by molar-refractivity contribution is 6.61. The zero-order valence-corrected chi connectivity index (χ0v) is 10.3. The Labute approximate surface area is 99.1 Å². The summed E-state index contributed by atoms with van der Waals surface area (Å²) in [6.45, 7) is 5.00. The van der Waals surface area contributed by atoms with E-state index in [9.17, 15) is 8.78 Å². The number of halogens is 2. The molecule has 2 heterocycles. The molecule has 2 rings (SSSR count). The second-order valence-electron chi connectivity index (χ2n) is 5.11. The molecule has 1 fully saturated rings. The van der Waals surface area contributed by atoms with Crippen LogP contribution < -0.4 is 5.59 Å². The maximum absolute atomic E-state index is 12.4. The zero-order valence-electron chi connectivity index (χ0n) is 10.3. The number of imidazole rings is 1. The molecule has 0 atom stereocenters. The predicted octanol–water partition coefficient (Wildman–Crippen LogP) is 1.58. The summed E-state index contributed by atoms with van der Waals surface area (Å²) in [5.74, 6) is 0. The Hall–Kier alpha value is -0.945. The smallest absolute Gasteiger partial charge is 0.398 e. The Kier molecular flexibility index (Phi) is 2.78. The molecule has 0 aliphatic carbocycles. The van der Waals surface area contributed by atoms with Crippen LogP contribution in [0.5, 0.6) is 0 Å². The topological polar surface area (TPSA) is 36.3 Å². The van der Waals surface area contributed by atoms with Crippen molar-refractivity contribution >= 4 is 12.7 Å². The Balaban J connectivity index is 2.20. The van der Waals surface area contributed by atoms with E-state index in [-0.39, 0.29) is 0 Å². The van der Waals surface area contributed by atoms with Crippen LogP contribution in [0.25, 0.3) is 0 Å². The Bertz CT molecular complexity index is 404. The van der Waals surface area contributed by atoms with Crippen LogP contribution >= 0.6 is 0 Å². The molecule has 0 aromatic carbocycles. The summed E-state index contributed by atoms with van der Waals surface area (Å²) in [6, 6.07) is 0. The Morgan fingerprint density at radius 3 is 2.18 bits per heavy atom. The molecule has 0 spiro atoms. The van der Waals surface area contributed by atoms with Crippen LogP contribution in [-0.2, 0) is 9.31 Å². The minimum atomic E-state index is -2.60. The van der Waals surface area contributed by atoms with Gasteiger partial charge in [0.2, 0.25) is 0 Å². The molecule has 0 amide bonds. The highest BCUT2D eigenvalue weighted by Crippen LogP contribution is 2.36. The summed E-state index contributed by atoms with van der Waals surface area (Å²) in [4.78, 5) is 3.88. The van der Waals surface area contributed by atoms with Gasteiger partial charge in [-0.05, 0) is 27.7 Å². The molecule has 0 N–H and O–H groups in total. The zero-order chi connectivity index (χ0) is 12.8. The van der Waals surface area contributed by atoms with Crippen molar-refractivity contribution in [3.63, 3.8) is 0 Å². The van der Waals surface area contributed by atoms with E-state index in [1.165, 1.54) is 6.20 Å². The number of hydrogen-bond donors (Lipinski definition) is 0. The maximum atomic E-state index is 12.4. The van der Waals surface area contributed by atoms with Crippen molar-refractivity contribution in [2.45, 2.75) is 45.4 Å². The van der Waals surface area contributed by atoms with Crippen LogP contribution in [0.1, 0.15) is 34.2 Å². The predicted molar refractivity (Wildman–Crippen MR) is 59.2 cm³/mol. The van der Waals surface area contributed by atoms with Gasteiger partial charge in [0.15, 0.2) is 0 Å². The molecule has 17 heavy (non-hydrogen) atoms. The molecule has 0 unspecified atom stereocenters. The number of aromatic nitrogens is 2. The van der Waals surface area contributed by atoms with E-state index in [2.05, 4.69) is 4.98 Å². The van der Waals surface area contributed by atoms with Gasteiger partial charge in [-0.3, -0.25) is 4.57 Å². The standard InChI is InChI=1S/C10H15BF2N2O2/c1-9(2)10(3,4)17-11(16-9)7-5-15(6-14-7)8(12)13/h5-6,8H,1-4H3. The van der Waals surface area contributed by atoms with E-state index in [4.69, 9.17) is 9.31 Å². The molecule has 7 heteroatoms. The minimum Gasteiger partial charge on any atom is -0.398 e. The first-order chi connectivity index (χ1) is 7.73. The molecule has 1 aliphatic rings. The van der Waals surface area contributed by atoms with Crippen molar-refractivity contribution in [3.8, 4) is 0 Å². The SMILES string of the molecule is CC1(C)OB(c2cn(C(F)F)cn2)OC1(C)C. The molecule has 1 aliphatic heterocycles. The normalized spacial score (nSPS) is 22.4. The van der Waals surface area contributed by atoms with E-state index in [1.54, 1.807) is 0 Å². The molecule has 0 radical (unpaired) electrons. The number of nitrogens with zero attached hydrogens (tertiary/aromatic N) is 2. The molecular formula is C10H15BF2N2O2. The highest BCUT2D eigenvalue weighted by Gasteiger charge is 2.52. The van der Waals surface area contributed by atoms with Crippen LogP contribution in [0, 0.1) is 0 Å². The molecule has 0 saturated carbocycles. The summed E-state index contributed by atoms with van der Waals surface area (Å²) in [7, 11) is -0.694. The van der Waals surface area contributed by atoms with Crippen LogP contribution in [0.4, 0.5) is 8.78 Å². The molecule has 1 saturated heterocycles. The minimum absolute atomic E-state index is 0.365. The van der Waals surface area contributed by atoms with Crippen molar-refractivity contribution in [2.75, 3.05) is 0 Å². The van der Waals surface area contributed by atoms with Gasteiger partial charge in [-0.15, -0.1) is 0 Å². The van der Waals surface area contributed by atoms with Gasteiger partial charge in [-0.2, -0.15) is 8.78 Å². The summed E-state index contributed by atoms with van der Waals surface area (Å²) in [5, 5.41) is 0. The lowest BCUT2D eigenvalue weighted by molar-refractivity contribution is 0.00578. The fourth-order valence-electron chi connectivity index (χ4n) is 1.54. The summed E-state index contributed by atoms with van der Waals surface area (Å²) >= 11 is 0. The third kappa shape index (κ3) is 2.09. The summed E-state index contributed by atoms with van der Waals surface area (Å²) in [5.41, 5.74) is -0.623. The summed E-state index contributed by atoms with van der Waals surface area (Å²) in [6.07, 6.45) is 2.32. The lowest BCUT2D eigenvalue weighted by atomic mass is 9.86. The third-order valence-corrected chi connectivity index (χ3v) is 3.34. The van der Waals surface area contributed by atoms with Crippen molar-refractivity contribution in [1.29, 1.82) is 0 Å². The molecule has 1 aromatic heterocycles. The molecular weight excluding hydrogens is 229 g/mol. The van der Waals surface area contributed by atoms with Gasteiger partial charge in [-0.25, -0.2) is 4.98 Å². The first kappa shape index (κ1) is 12.5. The van der Waals surface area contributed by atoms with Gasteiger partial charge in [0.25, 0.3) is 0 Å². The van der Waals surface area contributed by atoms with E-state index < -0.39 is 24.9 Å². The average Bonchev–Trinajstić information content (AvgIpc) is 2.70. The van der Waals surface area contributed by atoms with E-state index in [0.717, 1.165) is 10.9 Å². The van der Waals surface area contributed by atoms with Gasteiger partial charge in [-0.1, -0.05) is 0 Å². The van der Waals surface area contributed by atoms with Gasteiger partial charge >= 0.3 is 13.7 Å². The van der Waals surface area contributed by atoms with Gasteiger partial charge in [0, 0.05) is 6.20 Å². The lowest BCUT2D eigenvalue weighted by Gasteiger charge is -2.32. The first-order valence-electron chi connectivity index (χ1n) is 5.40. The Morgan fingerprint density at radius 1 is 1.24 bits per heavy atom. The van der Waals surface area contributed by atoms with Crippen molar-refractivity contribution in [3.05, 3.63) is 12.5 Å². The highest BCUT2D eigenvalue weighted by atomic mass is 19.3. The van der Waals surface area contributed by atoms with Crippen LogP contribution in [-0.4, -0.2) is 27.9 Å². The van der Waals surface area contributed by atoms with Gasteiger partial charge in [0.1, 0.15) is 0 Å². The fraction of sp³-hybridized carbons (Fsp3) is 0.700. The number of rotatable bonds is 2. The quantitative estimate of drug-likeness (QED) is 0.741. The third-order valence-electron chi connectivity index (χ3n) is 3.34. The Morgan fingerprint density at radius 2 is 1.76 bits per heavy atom. The molecule has 4 nitrogen and oxygen atoms in total. The van der Waals surface area contributed by atoms with Crippen LogP contribution in [0.15, 0.2) is 12.5 Å². The molecule has 1 aromatic rings.